The summed E-state index contributed by atoms with van der Waals surface area (Å²) in [5.74, 6) is 2.23. The number of fused-ring (bicyclic) bond motifs is 1. The molecule has 0 radical (unpaired) electrons. The highest BCUT2D eigenvalue weighted by molar-refractivity contribution is 6.00. The number of aliphatic hydroxyl groups excluding tert-OH is 1. The Morgan fingerprint density at radius 1 is 1.12 bits per heavy atom. The lowest BCUT2D eigenvalue weighted by Gasteiger charge is -2.38. The molecule has 5 rings (SSSR count). The molecular formula is C27H30N4O3. The maximum Gasteiger partial charge on any atom is 0.226 e. The van der Waals surface area contributed by atoms with Gasteiger partial charge in [-0.1, -0.05) is 56.3 Å². The van der Waals surface area contributed by atoms with Crippen LogP contribution < -0.4 is 10.1 Å². The van der Waals surface area contributed by atoms with Crippen LogP contribution in [0.25, 0.3) is 0 Å². The molecule has 2 aromatic carbocycles. The van der Waals surface area contributed by atoms with E-state index in [1.165, 1.54) is 0 Å². The first-order valence-corrected chi connectivity index (χ1v) is 11.8. The van der Waals surface area contributed by atoms with Crippen LogP contribution in [0.5, 0.6) is 5.75 Å². The molecule has 34 heavy (non-hydrogen) atoms. The zero-order valence-electron chi connectivity index (χ0n) is 19.6. The number of Topliss-reactive ketones (excluding diaryl/α,β-unsaturated/α-hetero) is 1. The summed E-state index contributed by atoms with van der Waals surface area (Å²) in [6, 6.07) is 17.6. The van der Waals surface area contributed by atoms with E-state index < -0.39 is 0 Å². The molecule has 0 saturated carbocycles. The maximum atomic E-state index is 13.3. The highest BCUT2D eigenvalue weighted by atomic mass is 16.5. The predicted molar refractivity (Wildman–Crippen MR) is 129 cm³/mol. The van der Waals surface area contributed by atoms with Gasteiger partial charge in [0, 0.05) is 30.7 Å². The number of nitrogens with zero attached hydrogens (tertiary/aromatic N) is 3. The highest BCUT2D eigenvalue weighted by Crippen LogP contribution is 2.45. The highest BCUT2D eigenvalue weighted by Gasteiger charge is 2.41. The Labute approximate surface area is 199 Å². The van der Waals surface area contributed by atoms with Crippen molar-refractivity contribution in [2.24, 2.45) is 5.41 Å². The average molecular weight is 459 g/mol. The van der Waals surface area contributed by atoms with Gasteiger partial charge in [-0.05, 0) is 41.5 Å². The predicted octanol–water partition coefficient (Wildman–Crippen LogP) is 4.44. The molecule has 1 aliphatic carbocycles. The molecule has 3 aromatic rings. The van der Waals surface area contributed by atoms with Gasteiger partial charge in [-0.3, -0.25) is 4.79 Å². The first-order valence-electron chi connectivity index (χ1n) is 11.8. The standard InChI is InChI=1S/C27H30N4O3/c1-27(2)15-21-24(22(33)16-27)25(31-26(28-21)29-23(30-31)9-6-14-32)19-10-12-20(13-11-19)34-17-18-7-4-3-5-8-18/h3-5,7-8,10-13,25,32H,6,9,14-17H2,1-2H3,(H,28,29,30). The van der Waals surface area contributed by atoms with E-state index in [4.69, 9.17) is 9.84 Å². The van der Waals surface area contributed by atoms with Crippen molar-refractivity contribution in [2.75, 3.05) is 11.9 Å². The van der Waals surface area contributed by atoms with Crippen molar-refractivity contribution in [3.05, 3.63) is 82.8 Å². The second kappa shape index (κ2) is 9.06. The first kappa shape index (κ1) is 22.3. The zero-order valence-corrected chi connectivity index (χ0v) is 19.6. The third-order valence-electron chi connectivity index (χ3n) is 6.38. The molecule has 2 aliphatic rings. The third kappa shape index (κ3) is 4.48. The summed E-state index contributed by atoms with van der Waals surface area (Å²) in [5, 5.41) is 17.3. The number of aliphatic hydroxyl groups is 1. The van der Waals surface area contributed by atoms with Crippen LogP contribution in [0, 0.1) is 5.41 Å². The Hall–Kier alpha value is -3.45. The number of anilines is 1. The Morgan fingerprint density at radius 3 is 2.62 bits per heavy atom. The first-order chi connectivity index (χ1) is 16.4. The van der Waals surface area contributed by atoms with Crippen LogP contribution in [0.2, 0.25) is 0 Å². The molecule has 1 unspecified atom stereocenters. The summed E-state index contributed by atoms with van der Waals surface area (Å²) < 4.78 is 7.78. The van der Waals surface area contributed by atoms with Crippen LogP contribution in [0.4, 0.5) is 5.95 Å². The number of nitrogens with one attached hydrogen (secondary N) is 1. The van der Waals surface area contributed by atoms with Gasteiger partial charge >= 0.3 is 0 Å². The Kier molecular flexibility index (Phi) is 5.96. The van der Waals surface area contributed by atoms with Crippen LogP contribution in [0.1, 0.15) is 56.1 Å². The third-order valence-corrected chi connectivity index (χ3v) is 6.38. The molecule has 7 nitrogen and oxygen atoms in total. The van der Waals surface area contributed by atoms with Crippen molar-refractivity contribution < 1.29 is 14.6 Å². The fourth-order valence-electron chi connectivity index (χ4n) is 4.79. The maximum absolute atomic E-state index is 13.3. The SMILES string of the molecule is CC1(C)CC(=O)C2=C(C1)Nc1nc(CCCO)nn1C2c1ccc(OCc2ccccc2)cc1. The van der Waals surface area contributed by atoms with Gasteiger partial charge in [0.15, 0.2) is 11.6 Å². The zero-order chi connectivity index (χ0) is 23.7. The van der Waals surface area contributed by atoms with Gasteiger partial charge in [0.05, 0.1) is 0 Å². The lowest BCUT2D eigenvalue weighted by atomic mass is 9.73. The van der Waals surface area contributed by atoms with Gasteiger partial charge in [0.1, 0.15) is 18.4 Å². The monoisotopic (exact) mass is 458 g/mol. The van der Waals surface area contributed by atoms with E-state index >= 15 is 0 Å². The summed E-state index contributed by atoms with van der Waals surface area (Å²) in [6.07, 6.45) is 2.47. The second-order valence-corrected chi connectivity index (χ2v) is 9.83. The van der Waals surface area contributed by atoms with Crippen LogP contribution in [-0.2, 0) is 17.8 Å². The van der Waals surface area contributed by atoms with E-state index in [0.717, 1.165) is 34.6 Å². The van der Waals surface area contributed by atoms with E-state index in [0.29, 0.717) is 37.6 Å². The van der Waals surface area contributed by atoms with E-state index in [9.17, 15) is 9.90 Å². The van der Waals surface area contributed by atoms with E-state index in [-0.39, 0.29) is 23.8 Å². The molecule has 7 heteroatoms. The summed E-state index contributed by atoms with van der Waals surface area (Å²) >= 11 is 0. The smallest absolute Gasteiger partial charge is 0.226 e. The normalized spacial score (nSPS) is 18.8. The molecule has 0 fully saturated rings. The number of aryl methyl sites for hydroxylation is 1. The average Bonchev–Trinajstić information content (AvgIpc) is 3.23. The van der Waals surface area contributed by atoms with Gasteiger partial charge in [0.25, 0.3) is 0 Å². The van der Waals surface area contributed by atoms with Crippen molar-refractivity contribution in [1.29, 1.82) is 0 Å². The number of allylic oxidation sites excluding steroid dienone is 2. The number of aromatic nitrogens is 3. The lowest BCUT2D eigenvalue weighted by Crippen LogP contribution is -2.36. The minimum Gasteiger partial charge on any atom is -0.489 e. The minimum atomic E-state index is -0.339. The molecular weight excluding hydrogens is 428 g/mol. The van der Waals surface area contributed by atoms with Crippen LogP contribution >= 0.6 is 0 Å². The van der Waals surface area contributed by atoms with Crippen LogP contribution in [0.15, 0.2) is 65.9 Å². The molecule has 0 bridgehead atoms. The Morgan fingerprint density at radius 2 is 1.88 bits per heavy atom. The van der Waals surface area contributed by atoms with Crippen molar-refractivity contribution in [1.82, 2.24) is 14.8 Å². The molecule has 176 valence electrons. The summed E-state index contributed by atoms with van der Waals surface area (Å²) in [6.45, 7) is 4.83. The number of carbonyl (C=O) groups excluding carboxylic acids is 1. The van der Waals surface area contributed by atoms with Crippen molar-refractivity contribution in [2.45, 2.75) is 52.2 Å². The van der Waals surface area contributed by atoms with Crippen molar-refractivity contribution in [3.63, 3.8) is 0 Å². The van der Waals surface area contributed by atoms with Crippen molar-refractivity contribution >= 4 is 11.7 Å². The number of hydrogen-bond acceptors (Lipinski definition) is 6. The lowest BCUT2D eigenvalue weighted by molar-refractivity contribution is -0.118. The van der Waals surface area contributed by atoms with E-state index in [1.54, 1.807) is 0 Å². The van der Waals surface area contributed by atoms with Gasteiger partial charge in [0.2, 0.25) is 5.95 Å². The number of ketones is 1. The molecule has 1 aromatic heterocycles. The molecule has 1 atom stereocenters. The summed E-state index contributed by atoms with van der Waals surface area (Å²) in [5.41, 5.74) is 3.67. The quantitative estimate of drug-likeness (QED) is 0.544. The van der Waals surface area contributed by atoms with Crippen LogP contribution in [-0.4, -0.2) is 32.3 Å². The van der Waals surface area contributed by atoms with E-state index in [2.05, 4.69) is 24.1 Å². The minimum absolute atomic E-state index is 0.0899. The number of rotatable bonds is 7. The fourth-order valence-corrected chi connectivity index (χ4v) is 4.79. The number of hydrogen-bond donors (Lipinski definition) is 2. The molecule has 0 amide bonds. The molecule has 2 N–H and O–H groups in total. The number of benzene rings is 2. The largest absolute Gasteiger partial charge is 0.489 e. The summed E-state index contributed by atoms with van der Waals surface area (Å²) in [7, 11) is 0. The molecule has 0 spiro atoms. The van der Waals surface area contributed by atoms with E-state index in [1.807, 2.05) is 59.3 Å². The van der Waals surface area contributed by atoms with Gasteiger partial charge in [-0.15, -0.1) is 0 Å². The Bertz CT molecular complexity index is 1210. The second-order valence-electron chi connectivity index (χ2n) is 9.83. The van der Waals surface area contributed by atoms with Gasteiger partial charge in [-0.2, -0.15) is 10.1 Å². The molecule has 1 aliphatic heterocycles. The Balaban J connectivity index is 1.47. The number of carbonyl (C=O) groups is 1. The molecule has 0 saturated heterocycles. The van der Waals surface area contributed by atoms with Gasteiger partial charge < -0.3 is 15.2 Å². The summed E-state index contributed by atoms with van der Waals surface area (Å²) in [4.78, 5) is 18.0. The molecule has 2 heterocycles. The van der Waals surface area contributed by atoms with Gasteiger partial charge in [-0.25, -0.2) is 4.68 Å². The number of ether oxygens (including phenoxy) is 1. The fraction of sp³-hybridized carbons (Fsp3) is 0.370. The topological polar surface area (TPSA) is 89.3 Å². The van der Waals surface area contributed by atoms with Crippen LogP contribution in [0.3, 0.4) is 0 Å². The van der Waals surface area contributed by atoms with Crippen molar-refractivity contribution in [3.8, 4) is 5.75 Å².